The highest BCUT2D eigenvalue weighted by Crippen LogP contribution is 2.44. The highest BCUT2D eigenvalue weighted by atomic mass is 16.6. The number of esters is 1. The fraction of sp³-hybridized carbons (Fsp3) is 0.500. The molecular formula is C26H31N3O4. The second kappa shape index (κ2) is 8.13. The maximum absolute atomic E-state index is 13.7. The molecule has 0 saturated carbocycles. The Morgan fingerprint density at radius 3 is 2.52 bits per heavy atom. The fourth-order valence-electron chi connectivity index (χ4n) is 5.94. The highest BCUT2D eigenvalue weighted by Gasteiger charge is 2.51. The molecule has 3 heterocycles. The maximum atomic E-state index is 13.7. The molecule has 0 bridgehead atoms. The van der Waals surface area contributed by atoms with Crippen LogP contribution in [-0.2, 0) is 19.9 Å². The van der Waals surface area contributed by atoms with Crippen molar-refractivity contribution in [2.45, 2.75) is 38.8 Å². The Bertz CT molecular complexity index is 1070. The summed E-state index contributed by atoms with van der Waals surface area (Å²) in [6.07, 6.45) is 4.88. The van der Waals surface area contributed by atoms with E-state index in [-0.39, 0.29) is 29.7 Å². The molecule has 174 valence electrons. The van der Waals surface area contributed by atoms with Gasteiger partial charge in [-0.15, -0.1) is 0 Å². The van der Waals surface area contributed by atoms with E-state index in [9.17, 15) is 14.4 Å². The molecule has 1 aromatic carbocycles. The van der Waals surface area contributed by atoms with Crippen LogP contribution in [0.1, 0.15) is 43.1 Å². The van der Waals surface area contributed by atoms with Gasteiger partial charge < -0.3 is 14.5 Å². The molecule has 2 amide bonds. The molecule has 1 aliphatic carbocycles. The van der Waals surface area contributed by atoms with E-state index in [2.05, 4.69) is 24.0 Å². The lowest BCUT2D eigenvalue weighted by molar-refractivity contribution is -0.130. The van der Waals surface area contributed by atoms with E-state index in [1.807, 2.05) is 34.9 Å². The van der Waals surface area contributed by atoms with Crippen LogP contribution in [0.25, 0.3) is 0 Å². The minimum Gasteiger partial charge on any atom is -0.449 e. The molecule has 2 fully saturated rings. The van der Waals surface area contributed by atoms with E-state index in [0.29, 0.717) is 25.1 Å². The number of ether oxygens (including phenoxy) is 1. The molecule has 7 nitrogen and oxygen atoms in total. The normalized spacial score (nSPS) is 29.6. The number of allylic oxidation sites excluding steroid dienone is 2. The zero-order chi connectivity index (χ0) is 23.3. The van der Waals surface area contributed by atoms with E-state index in [0.717, 1.165) is 42.9 Å². The molecule has 2 saturated heterocycles. The van der Waals surface area contributed by atoms with Gasteiger partial charge >= 0.3 is 5.97 Å². The summed E-state index contributed by atoms with van der Waals surface area (Å²) in [4.78, 5) is 44.0. The number of hydrogen-bond donors (Lipinski definition) is 0. The van der Waals surface area contributed by atoms with Crippen LogP contribution >= 0.6 is 0 Å². The van der Waals surface area contributed by atoms with Crippen molar-refractivity contribution in [1.29, 1.82) is 0 Å². The van der Waals surface area contributed by atoms with Gasteiger partial charge in [0.25, 0.3) is 5.91 Å². The molecular weight excluding hydrogens is 418 g/mol. The van der Waals surface area contributed by atoms with Crippen molar-refractivity contribution < 1.29 is 19.1 Å². The summed E-state index contributed by atoms with van der Waals surface area (Å²) >= 11 is 0. The summed E-state index contributed by atoms with van der Waals surface area (Å²) in [6.45, 7) is 9.75. The van der Waals surface area contributed by atoms with E-state index in [1.54, 1.807) is 13.0 Å². The molecule has 1 spiro atoms. The van der Waals surface area contributed by atoms with Gasteiger partial charge in [-0.25, -0.2) is 4.79 Å². The third-order valence-electron chi connectivity index (χ3n) is 7.79. The topological polar surface area (TPSA) is 70.2 Å². The first kappa shape index (κ1) is 21.9. The lowest BCUT2D eigenvalue weighted by Crippen LogP contribution is -2.53. The number of piperazine rings is 1. The molecule has 0 aromatic heterocycles. The van der Waals surface area contributed by atoms with Crippen molar-refractivity contribution in [2.75, 3.05) is 39.3 Å². The van der Waals surface area contributed by atoms with Gasteiger partial charge in [-0.3, -0.25) is 14.5 Å². The van der Waals surface area contributed by atoms with Gasteiger partial charge in [0.1, 0.15) is 0 Å². The van der Waals surface area contributed by atoms with Crippen molar-refractivity contribution in [1.82, 2.24) is 14.7 Å². The minimum atomic E-state index is -0.728. The number of benzene rings is 1. The van der Waals surface area contributed by atoms with E-state index >= 15 is 0 Å². The SMILES string of the molecule is CC(=O)N1CCN(C2C=CC(C)=C(C(=O)N3CC[C@@]4(C3)OC(=O)c3ccccc34)C2C)CC1. The summed E-state index contributed by atoms with van der Waals surface area (Å²) in [5, 5.41) is 0. The number of carbonyl (C=O) groups is 3. The van der Waals surface area contributed by atoms with Crippen LogP contribution in [0.4, 0.5) is 0 Å². The first-order valence-corrected chi connectivity index (χ1v) is 11.8. The van der Waals surface area contributed by atoms with E-state index in [1.165, 1.54) is 0 Å². The second-order valence-corrected chi connectivity index (χ2v) is 9.68. The third-order valence-corrected chi connectivity index (χ3v) is 7.79. The number of likely N-dealkylation sites (tertiary alicyclic amines) is 1. The fourth-order valence-corrected chi connectivity index (χ4v) is 5.94. The van der Waals surface area contributed by atoms with Crippen LogP contribution in [0.5, 0.6) is 0 Å². The molecule has 0 radical (unpaired) electrons. The number of nitrogens with zero attached hydrogens (tertiary/aromatic N) is 3. The Balaban J connectivity index is 1.32. The van der Waals surface area contributed by atoms with Crippen molar-refractivity contribution in [2.24, 2.45) is 5.92 Å². The summed E-state index contributed by atoms with van der Waals surface area (Å²) in [5.74, 6) is -0.102. The lowest BCUT2D eigenvalue weighted by atomic mass is 9.83. The predicted octanol–water partition coefficient (Wildman–Crippen LogP) is 2.34. The van der Waals surface area contributed by atoms with E-state index in [4.69, 9.17) is 4.74 Å². The highest BCUT2D eigenvalue weighted by molar-refractivity contribution is 5.97. The van der Waals surface area contributed by atoms with Crippen LogP contribution < -0.4 is 0 Å². The number of rotatable bonds is 2. The van der Waals surface area contributed by atoms with Crippen LogP contribution in [0.2, 0.25) is 0 Å². The van der Waals surface area contributed by atoms with Crippen molar-refractivity contribution in [3.63, 3.8) is 0 Å². The number of amides is 2. The van der Waals surface area contributed by atoms with Crippen LogP contribution in [0.15, 0.2) is 47.6 Å². The van der Waals surface area contributed by atoms with Gasteiger partial charge in [0.15, 0.2) is 5.60 Å². The van der Waals surface area contributed by atoms with Crippen molar-refractivity contribution in [3.05, 3.63) is 58.7 Å². The maximum Gasteiger partial charge on any atom is 0.339 e. The minimum absolute atomic E-state index is 0.0361. The average Bonchev–Trinajstić information content (AvgIpc) is 3.35. The molecule has 3 atom stereocenters. The van der Waals surface area contributed by atoms with Crippen LogP contribution in [-0.4, -0.2) is 77.8 Å². The number of carbonyl (C=O) groups excluding carboxylic acids is 3. The molecule has 5 rings (SSSR count). The Kier molecular flexibility index (Phi) is 5.40. The van der Waals surface area contributed by atoms with Gasteiger partial charge in [-0.1, -0.05) is 37.3 Å². The second-order valence-electron chi connectivity index (χ2n) is 9.68. The summed E-state index contributed by atoms with van der Waals surface area (Å²) < 4.78 is 5.84. The Morgan fingerprint density at radius 1 is 1.06 bits per heavy atom. The molecule has 0 N–H and O–H groups in total. The van der Waals surface area contributed by atoms with Crippen molar-refractivity contribution in [3.8, 4) is 0 Å². The molecule has 33 heavy (non-hydrogen) atoms. The first-order valence-electron chi connectivity index (χ1n) is 11.8. The summed E-state index contributed by atoms with van der Waals surface area (Å²) in [5.41, 5.74) is 2.62. The van der Waals surface area contributed by atoms with Gasteiger partial charge in [0.2, 0.25) is 5.91 Å². The van der Waals surface area contributed by atoms with Gasteiger partial charge in [-0.2, -0.15) is 0 Å². The molecule has 4 aliphatic rings. The van der Waals surface area contributed by atoms with Gasteiger partial charge in [0.05, 0.1) is 12.1 Å². The number of hydrogen-bond acceptors (Lipinski definition) is 5. The largest absolute Gasteiger partial charge is 0.449 e. The quantitative estimate of drug-likeness (QED) is 0.649. The standard InChI is InChI=1S/C26H31N3O4/c1-17-8-9-22(28-14-12-27(13-15-28)19(3)30)18(2)23(17)24(31)29-11-10-26(16-29)21-7-5-4-6-20(21)25(32)33-26/h4-9,18,22H,10-16H2,1-3H3/t18?,22?,26-/m0/s1. The lowest BCUT2D eigenvalue weighted by Gasteiger charge is -2.42. The van der Waals surface area contributed by atoms with E-state index < -0.39 is 5.60 Å². The molecule has 2 unspecified atom stereocenters. The Hall–Kier alpha value is -2.93. The van der Waals surface area contributed by atoms with Crippen LogP contribution in [0, 0.1) is 5.92 Å². The first-order chi connectivity index (χ1) is 15.8. The predicted molar refractivity (Wildman–Crippen MR) is 123 cm³/mol. The zero-order valence-corrected chi connectivity index (χ0v) is 19.5. The number of fused-ring (bicyclic) bond motifs is 2. The van der Waals surface area contributed by atoms with Crippen molar-refractivity contribution >= 4 is 17.8 Å². The molecule has 1 aromatic rings. The summed E-state index contributed by atoms with van der Waals surface area (Å²) in [7, 11) is 0. The Labute approximate surface area is 194 Å². The van der Waals surface area contributed by atoms with Gasteiger partial charge in [0, 0.05) is 69.2 Å². The zero-order valence-electron chi connectivity index (χ0n) is 19.5. The smallest absolute Gasteiger partial charge is 0.339 e. The molecule has 7 heteroatoms. The van der Waals surface area contributed by atoms with Gasteiger partial charge in [-0.05, 0) is 18.6 Å². The third kappa shape index (κ3) is 3.59. The monoisotopic (exact) mass is 449 g/mol. The average molecular weight is 450 g/mol. The summed E-state index contributed by atoms with van der Waals surface area (Å²) in [6, 6.07) is 7.64. The van der Waals surface area contributed by atoms with Crippen LogP contribution in [0.3, 0.4) is 0 Å². The molecule has 3 aliphatic heterocycles. The Morgan fingerprint density at radius 2 is 1.79 bits per heavy atom.